The summed E-state index contributed by atoms with van der Waals surface area (Å²) in [5.74, 6) is 1.07. The average molecular weight is 463 g/mol. The molecule has 3 heterocycles. The first kappa shape index (κ1) is 21.4. The Morgan fingerprint density at radius 3 is 2.79 bits per heavy atom. The zero-order chi connectivity index (χ0) is 22.6. The smallest absolute Gasteiger partial charge is 0.247 e. The second kappa shape index (κ2) is 9.56. The molecular formula is C24H23ClN6O2. The minimum absolute atomic E-state index is 0.131. The van der Waals surface area contributed by atoms with Gasteiger partial charge in [-0.3, -0.25) is 9.88 Å². The van der Waals surface area contributed by atoms with E-state index >= 15 is 0 Å². The standard InChI is InChI=1S/C24H23ClN6O2/c25-20-6-5-18(32)14-19(20)16-12-21-23(22(13-16)33-11-10-31-8-1-2-9-31)28-24(30-29-21)27-17-4-3-7-26-15-17/h3-7,12-15,32H,1-2,8-11H2,(H,27,28,30). The number of ether oxygens (including phenoxy) is 1. The Hall–Kier alpha value is -3.49. The lowest BCUT2D eigenvalue weighted by atomic mass is 10.0. The largest absolute Gasteiger partial charge is 0.508 e. The molecule has 1 aliphatic heterocycles. The topological polar surface area (TPSA) is 96.3 Å². The first-order valence-corrected chi connectivity index (χ1v) is 11.2. The van der Waals surface area contributed by atoms with E-state index in [1.54, 1.807) is 30.6 Å². The van der Waals surface area contributed by atoms with Crippen LogP contribution in [0.2, 0.25) is 5.02 Å². The maximum Gasteiger partial charge on any atom is 0.247 e. The van der Waals surface area contributed by atoms with E-state index in [-0.39, 0.29) is 5.75 Å². The zero-order valence-corrected chi connectivity index (χ0v) is 18.7. The molecular weight excluding hydrogens is 440 g/mol. The lowest BCUT2D eigenvalue weighted by molar-refractivity contribution is 0.239. The summed E-state index contributed by atoms with van der Waals surface area (Å²) in [6.45, 7) is 3.58. The fourth-order valence-corrected chi connectivity index (χ4v) is 4.15. The monoisotopic (exact) mass is 462 g/mol. The third-order valence-electron chi connectivity index (χ3n) is 5.57. The molecule has 1 saturated heterocycles. The predicted octanol–water partition coefficient (Wildman–Crippen LogP) is 4.66. The summed E-state index contributed by atoms with van der Waals surface area (Å²) in [6.07, 6.45) is 5.85. The molecule has 2 aromatic heterocycles. The van der Waals surface area contributed by atoms with Crippen molar-refractivity contribution in [2.45, 2.75) is 12.8 Å². The van der Waals surface area contributed by atoms with Gasteiger partial charge in [0, 0.05) is 23.3 Å². The Morgan fingerprint density at radius 2 is 1.97 bits per heavy atom. The van der Waals surface area contributed by atoms with Gasteiger partial charge < -0.3 is 15.2 Å². The highest BCUT2D eigenvalue weighted by molar-refractivity contribution is 6.33. The minimum Gasteiger partial charge on any atom is -0.508 e. The van der Waals surface area contributed by atoms with Gasteiger partial charge in [0.05, 0.1) is 11.9 Å². The van der Waals surface area contributed by atoms with Gasteiger partial charge in [-0.1, -0.05) is 11.6 Å². The Balaban J connectivity index is 1.51. The van der Waals surface area contributed by atoms with Gasteiger partial charge >= 0.3 is 0 Å². The van der Waals surface area contributed by atoms with Gasteiger partial charge in [-0.25, -0.2) is 4.98 Å². The fraction of sp³-hybridized carbons (Fsp3) is 0.250. The number of anilines is 2. The van der Waals surface area contributed by atoms with Crippen LogP contribution in [-0.2, 0) is 0 Å². The maximum absolute atomic E-state index is 9.97. The van der Waals surface area contributed by atoms with Crippen LogP contribution in [0.4, 0.5) is 11.6 Å². The molecule has 33 heavy (non-hydrogen) atoms. The Labute approximate surface area is 196 Å². The van der Waals surface area contributed by atoms with Gasteiger partial charge in [0.2, 0.25) is 5.95 Å². The third kappa shape index (κ3) is 4.97. The maximum atomic E-state index is 9.97. The zero-order valence-electron chi connectivity index (χ0n) is 17.9. The van der Waals surface area contributed by atoms with Crippen molar-refractivity contribution in [2.75, 3.05) is 31.6 Å². The normalized spacial score (nSPS) is 14.0. The number of benzene rings is 2. The van der Waals surface area contributed by atoms with Crippen molar-refractivity contribution in [1.82, 2.24) is 25.1 Å². The van der Waals surface area contributed by atoms with Crippen molar-refractivity contribution in [1.29, 1.82) is 0 Å². The minimum atomic E-state index is 0.131. The van der Waals surface area contributed by atoms with Crippen molar-refractivity contribution in [2.24, 2.45) is 0 Å². The summed E-state index contributed by atoms with van der Waals surface area (Å²) in [6, 6.07) is 12.3. The Morgan fingerprint density at radius 1 is 1.09 bits per heavy atom. The molecule has 0 saturated carbocycles. The number of aromatic hydroxyl groups is 1. The summed E-state index contributed by atoms with van der Waals surface area (Å²) in [5, 5.41) is 22.2. The average Bonchev–Trinajstić information content (AvgIpc) is 3.35. The van der Waals surface area contributed by atoms with Crippen LogP contribution in [-0.4, -0.2) is 56.4 Å². The van der Waals surface area contributed by atoms with E-state index in [0.29, 0.717) is 39.9 Å². The van der Waals surface area contributed by atoms with E-state index in [4.69, 9.17) is 16.3 Å². The molecule has 0 unspecified atom stereocenters. The van der Waals surface area contributed by atoms with Crippen LogP contribution in [0.5, 0.6) is 11.5 Å². The molecule has 0 amide bonds. The summed E-state index contributed by atoms with van der Waals surface area (Å²) < 4.78 is 6.20. The van der Waals surface area contributed by atoms with Crippen LogP contribution < -0.4 is 10.1 Å². The van der Waals surface area contributed by atoms with Crippen molar-refractivity contribution in [3.63, 3.8) is 0 Å². The molecule has 9 heteroatoms. The molecule has 1 aliphatic rings. The number of rotatable bonds is 7. The highest BCUT2D eigenvalue weighted by Gasteiger charge is 2.16. The van der Waals surface area contributed by atoms with E-state index in [2.05, 4.69) is 30.4 Å². The molecule has 0 aliphatic carbocycles. The molecule has 8 nitrogen and oxygen atoms in total. The summed E-state index contributed by atoms with van der Waals surface area (Å²) in [5.41, 5.74) is 3.38. The van der Waals surface area contributed by atoms with Gasteiger partial charge in [0.15, 0.2) is 0 Å². The van der Waals surface area contributed by atoms with E-state index in [0.717, 1.165) is 30.9 Å². The number of likely N-dealkylation sites (tertiary alicyclic amines) is 1. The second-order valence-electron chi connectivity index (χ2n) is 7.91. The van der Waals surface area contributed by atoms with Crippen LogP contribution in [0, 0.1) is 0 Å². The molecule has 5 rings (SSSR count). The molecule has 4 aromatic rings. The van der Waals surface area contributed by atoms with Crippen molar-refractivity contribution < 1.29 is 9.84 Å². The Kier molecular flexibility index (Phi) is 6.19. The third-order valence-corrected chi connectivity index (χ3v) is 5.90. The lowest BCUT2D eigenvalue weighted by Gasteiger charge is -2.16. The number of halogens is 1. The summed E-state index contributed by atoms with van der Waals surface area (Å²) >= 11 is 6.41. The lowest BCUT2D eigenvalue weighted by Crippen LogP contribution is -2.25. The SMILES string of the molecule is Oc1ccc(Cl)c(-c2cc(OCCN3CCCC3)c3nc(Nc4cccnc4)nnc3c2)c1. The molecule has 0 spiro atoms. The molecule has 2 aromatic carbocycles. The van der Waals surface area contributed by atoms with Crippen LogP contribution in [0.25, 0.3) is 22.2 Å². The summed E-state index contributed by atoms with van der Waals surface area (Å²) in [7, 11) is 0. The van der Waals surface area contributed by atoms with E-state index < -0.39 is 0 Å². The highest BCUT2D eigenvalue weighted by atomic mass is 35.5. The first-order valence-electron chi connectivity index (χ1n) is 10.9. The van der Waals surface area contributed by atoms with Gasteiger partial charge in [0.25, 0.3) is 0 Å². The van der Waals surface area contributed by atoms with Crippen LogP contribution in [0.3, 0.4) is 0 Å². The fourth-order valence-electron chi connectivity index (χ4n) is 3.92. The van der Waals surface area contributed by atoms with Crippen LogP contribution >= 0.6 is 11.6 Å². The molecule has 168 valence electrons. The number of hydrogen-bond acceptors (Lipinski definition) is 8. The van der Waals surface area contributed by atoms with Gasteiger partial charge in [-0.2, -0.15) is 0 Å². The highest BCUT2D eigenvalue weighted by Crippen LogP contribution is 2.36. The van der Waals surface area contributed by atoms with E-state index in [1.807, 2.05) is 24.3 Å². The first-order chi connectivity index (χ1) is 16.2. The van der Waals surface area contributed by atoms with Crippen molar-refractivity contribution >= 4 is 34.3 Å². The summed E-state index contributed by atoms with van der Waals surface area (Å²) in [4.78, 5) is 11.2. The van der Waals surface area contributed by atoms with E-state index in [9.17, 15) is 5.11 Å². The molecule has 2 N–H and O–H groups in total. The van der Waals surface area contributed by atoms with Gasteiger partial charge in [-0.15, -0.1) is 10.2 Å². The molecule has 0 atom stereocenters. The molecule has 0 radical (unpaired) electrons. The quantitative estimate of drug-likeness (QED) is 0.409. The van der Waals surface area contributed by atoms with Gasteiger partial charge in [0.1, 0.15) is 29.1 Å². The molecule has 0 bridgehead atoms. The van der Waals surface area contributed by atoms with Crippen LogP contribution in [0.15, 0.2) is 54.9 Å². The number of pyridine rings is 1. The number of fused-ring (bicyclic) bond motifs is 1. The van der Waals surface area contributed by atoms with Crippen LogP contribution in [0.1, 0.15) is 12.8 Å². The van der Waals surface area contributed by atoms with E-state index in [1.165, 1.54) is 12.8 Å². The number of hydrogen-bond donors (Lipinski definition) is 2. The number of phenols is 1. The second-order valence-corrected chi connectivity index (χ2v) is 8.31. The van der Waals surface area contributed by atoms with Gasteiger partial charge in [-0.05, 0) is 74.0 Å². The predicted molar refractivity (Wildman–Crippen MR) is 128 cm³/mol. The number of aromatic nitrogens is 4. The number of nitrogens with zero attached hydrogens (tertiary/aromatic N) is 5. The number of phenolic OH excluding ortho intramolecular Hbond substituents is 1. The number of nitrogens with one attached hydrogen (secondary N) is 1. The Bertz CT molecular complexity index is 1260. The van der Waals surface area contributed by atoms with Crippen molar-refractivity contribution in [3.05, 3.63) is 59.9 Å². The van der Waals surface area contributed by atoms with Crippen molar-refractivity contribution in [3.8, 4) is 22.6 Å². The molecule has 1 fully saturated rings.